The van der Waals surface area contributed by atoms with Crippen LogP contribution in [0.1, 0.15) is 51.0 Å². The van der Waals surface area contributed by atoms with Crippen LogP contribution < -0.4 is 15.4 Å². The van der Waals surface area contributed by atoms with Gasteiger partial charge in [0, 0.05) is 17.6 Å². The molecular weight excluding hydrogens is 344 g/mol. The Labute approximate surface area is 160 Å². The summed E-state index contributed by atoms with van der Waals surface area (Å²) in [4.78, 5) is 12.3. The SMILES string of the molecule is CCCCOc1ccc(NC(=O)NCC2(c3ccsc3)CCCC2)cc1. The Hall–Kier alpha value is -2.01. The number of unbranched alkanes of at least 4 members (excludes halogenated alkanes) is 1. The molecule has 0 bridgehead atoms. The van der Waals surface area contributed by atoms with Crippen molar-refractivity contribution in [1.29, 1.82) is 0 Å². The van der Waals surface area contributed by atoms with Gasteiger partial charge in [0.2, 0.25) is 0 Å². The van der Waals surface area contributed by atoms with E-state index in [-0.39, 0.29) is 11.4 Å². The molecule has 1 saturated carbocycles. The van der Waals surface area contributed by atoms with Gasteiger partial charge in [-0.15, -0.1) is 0 Å². The summed E-state index contributed by atoms with van der Waals surface area (Å²) in [7, 11) is 0. The predicted octanol–water partition coefficient (Wildman–Crippen LogP) is 5.56. The molecule has 2 amide bonds. The van der Waals surface area contributed by atoms with E-state index in [4.69, 9.17) is 4.74 Å². The largest absolute Gasteiger partial charge is 0.494 e. The minimum absolute atomic E-state index is 0.105. The maximum Gasteiger partial charge on any atom is 0.319 e. The molecule has 0 atom stereocenters. The number of hydrogen-bond acceptors (Lipinski definition) is 3. The Bertz CT molecular complexity index is 677. The molecule has 1 heterocycles. The lowest BCUT2D eigenvalue weighted by Gasteiger charge is -2.28. The average Bonchev–Trinajstić information content (AvgIpc) is 3.34. The first kappa shape index (κ1) is 18.8. The van der Waals surface area contributed by atoms with Crippen molar-refractivity contribution in [3.8, 4) is 5.75 Å². The summed E-state index contributed by atoms with van der Waals surface area (Å²) in [5, 5.41) is 10.4. The third-order valence-electron chi connectivity index (χ3n) is 5.16. The standard InChI is InChI=1S/C21H28N2O2S/c1-2-3-13-25-19-8-6-18(7-9-19)23-20(24)22-16-21(11-4-5-12-21)17-10-14-26-15-17/h6-10,14-15H,2-5,11-13,16H2,1H3,(H2,22,23,24). The van der Waals surface area contributed by atoms with Gasteiger partial charge in [0.05, 0.1) is 6.61 Å². The van der Waals surface area contributed by atoms with Crippen LogP contribution in [0.4, 0.5) is 10.5 Å². The molecule has 1 aliphatic rings. The summed E-state index contributed by atoms with van der Waals surface area (Å²) in [5.41, 5.74) is 2.25. The highest BCUT2D eigenvalue weighted by Gasteiger charge is 2.36. The van der Waals surface area contributed by atoms with Crippen LogP contribution in [0.25, 0.3) is 0 Å². The minimum Gasteiger partial charge on any atom is -0.494 e. The molecule has 3 rings (SSSR count). The van der Waals surface area contributed by atoms with Crippen LogP contribution in [0.15, 0.2) is 41.1 Å². The van der Waals surface area contributed by atoms with Gasteiger partial charge in [-0.25, -0.2) is 4.79 Å². The first-order valence-corrected chi connectivity index (χ1v) is 10.5. The Morgan fingerprint density at radius 2 is 1.96 bits per heavy atom. The fourth-order valence-electron chi connectivity index (χ4n) is 3.58. The molecule has 140 valence electrons. The van der Waals surface area contributed by atoms with Crippen LogP contribution in [0.3, 0.4) is 0 Å². The summed E-state index contributed by atoms with van der Waals surface area (Å²) in [6.45, 7) is 3.56. The lowest BCUT2D eigenvalue weighted by molar-refractivity contribution is 0.248. The van der Waals surface area contributed by atoms with Gasteiger partial charge in [-0.2, -0.15) is 11.3 Å². The molecule has 1 fully saturated rings. The number of nitrogens with one attached hydrogen (secondary N) is 2. The molecule has 1 aromatic heterocycles. The number of urea groups is 1. The molecular formula is C21H28N2O2S. The zero-order valence-electron chi connectivity index (χ0n) is 15.4. The maximum absolute atomic E-state index is 12.3. The molecule has 0 radical (unpaired) electrons. The monoisotopic (exact) mass is 372 g/mol. The van der Waals surface area contributed by atoms with Crippen LogP contribution in [0.2, 0.25) is 0 Å². The van der Waals surface area contributed by atoms with E-state index in [9.17, 15) is 4.79 Å². The van der Waals surface area contributed by atoms with Crippen LogP contribution in [-0.2, 0) is 5.41 Å². The Morgan fingerprint density at radius 1 is 1.19 bits per heavy atom. The van der Waals surface area contributed by atoms with E-state index in [0.717, 1.165) is 43.7 Å². The first-order valence-electron chi connectivity index (χ1n) is 9.52. The lowest BCUT2D eigenvalue weighted by Crippen LogP contribution is -2.40. The maximum atomic E-state index is 12.3. The summed E-state index contributed by atoms with van der Waals surface area (Å²) < 4.78 is 5.65. The smallest absolute Gasteiger partial charge is 0.319 e. The summed E-state index contributed by atoms with van der Waals surface area (Å²) in [6, 6.07) is 9.61. The summed E-state index contributed by atoms with van der Waals surface area (Å²) in [5.74, 6) is 0.840. The molecule has 0 unspecified atom stereocenters. The first-order chi connectivity index (χ1) is 12.7. The van der Waals surface area contributed by atoms with Crippen molar-refractivity contribution >= 4 is 23.1 Å². The van der Waals surface area contributed by atoms with Gasteiger partial charge >= 0.3 is 6.03 Å². The highest BCUT2D eigenvalue weighted by molar-refractivity contribution is 7.08. The normalized spacial score (nSPS) is 15.6. The van der Waals surface area contributed by atoms with Crippen molar-refractivity contribution in [3.63, 3.8) is 0 Å². The molecule has 0 saturated heterocycles. The fraction of sp³-hybridized carbons (Fsp3) is 0.476. The molecule has 1 aromatic carbocycles. The van der Waals surface area contributed by atoms with Gasteiger partial charge in [0.25, 0.3) is 0 Å². The number of hydrogen-bond donors (Lipinski definition) is 2. The number of thiophene rings is 1. The van der Waals surface area contributed by atoms with E-state index in [1.54, 1.807) is 11.3 Å². The number of amides is 2. The molecule has 5 heteroatoms. The van der Waals surface area contributed by atoms with Crippen molar-refractivity contribution in [3.05, 3.63) is 46.7 Å². The van der Waals surface area contributed by atoms with E-state index in [1.165, 1.54) is 18.4 Å². The third-order valence-corrected chi connectivity index (χ3v) is 5.84. The topological polar surface area (TPSA) is 50.4 Å². The molecule has 4 nitrogen and oxygen atoms in total. The fourth-order valence-corrected chi connectivity index (χ4v) is 4.36. The van der Waals surface area contributed by atoms with Gasteiger partial charge in [-0.05, 0) is 65.9 Å². The highest BCUT2D eigenvalue weighted by Crippen LogP contribution is 2.41. The number of benzene rings is 1. The van der Waals surface area contributed by atoms with Gasteiger partial charge < -0.3 is 15.4 Å². The molecule has 26 heavy (non-hydrogen) atoms. The van der Waals surface area contributed by atoms with E-state index >= 15 is 0 Å². The second-order valence-electron chi connectivity index (χ2n) is 7.03. The van der Waals surface area contributed by atoms with Crippen LogP contribution in [0.5, 0.6) is 5.75 Å². The van der Waals surface area contributed by atoms with Crippen molar-refractivity contribution in [1.82, 2.24) is 5.32 Å². The van der Waals surface area contributed by atoms with Crippen LogP contribution in [-0.4, -0.2) is 19.2 Å². The third kappa shape index (κ3) is 4.79. The van der Waals surface area contributed by atoms with Crippen LogP contribution >= 0.6 is 11.3 Å². The highest BCUT2D eigenvalue weighted by atomic mass is 32.1. The molecule has 2 aromatic rings. The van der Waals surface area contributed by atoms with E-state index in [0.29, 0.717) is 6.54 Å². The van der Waals surface area contributed by atoms with Crippen molar-refractivity contribution in [2.45, 2.75) is 50.9 Å². The van der Waals surface area contributed by atoms with Crippen LogP contribution in [0, 0.1) is 0 Å². The van der Waals surface area contributed by atoms with Gasteiger partial charge in [0.1, 0.15) is 5.75 Å². The quantitative estimate of drug-likeness (QED) is 0.596. The Balaban J connectivity index is 1.50. The second kappa shape index (κ2) is 9.08. The van der Waals surface area contributed by atoms with Crippen molar-refractivity contribution < 1.29 is 9.53 Å². The van der Waals surface area contributed by atoms with Gasteiger partial charge in [-0.1, -0.05) is 26.2 Å². The Morgan fingerprint density at radius 3 is 2.62 bits per heavy atom. The van der Waals surface area contributed by atoms with Gasteiger partial charge in [-0.3, -0.25) is 0 Å². The summed E-state index contributed by atoms with van der Waals surface area (Å²) in [6.07, 6.45) is 6.93. The predicted molar refractivity (Wildman–Crippen MR) is 108 cm³/mol. The van der Waals surface area contributed by atoms with E-state index < -0.39 is 0 Å². The minimum atomic E-state index is -0.147. The average molecular weight is 373 g/mol. The zero-order valence-corrected chi connectivity index (χ0v) is 16.2. The lowest BCUT2D eigenvalue weighted by atomic mass is 9.80. The number of rotatable bonds is 8. The zero-order chi connectivity index (χ0) is 18.2. The number of anilines is 1. The molecule has 2 N–H and O–H groups in total. The second-order valence-corrected chi connectivity index (χ2v) is 7.81. The number of ether oxygens (including phenoxy) is 1. The summed E-state index contributed by atoms with van der Waals surface area (Å²) >= 11 is 1.73. The molecule has 0 aliphatic heterocycles. The molecule has 0 spiro atoms. The van der Waals surface area contributed by atoms with Crippen molar-refractivity contribution in [2.75, 3.05) is 18.5 Å². The van der Waals surface area contributed by atoms with Crippen molar-refractivity contribution in [2.24, 2.45) is 0 Å². The number of carbonyl (C=O) groups is 1. The van der Waals surface area contributed by atoms with E-state index in [1.807, 2.05) is 24.3 Å². The molecule has 1 aliphatic carbocycles. The van der Waals surface area contributed by atoms with E-state index in [2.05, 4.69) is 34.4 Å². The number of carbonyl (C=O) groups excluding carboxylic acids is 1. The Kier molecular flexibility index (Phi) is 6.56. The van der Waals surface area contributed by atoms with Gasteiger partial charge in [0.15, 0.2) is 0 Å².